The summed E-state index contributed by atoms with van der Waals surface area (Å²) in [5, 5.41) is 11.1. The highest BCUT2D eigenvalue weighted by Crippen LogP contribution is 2.23. The molecule has 0 aromatic heterocycles. The molecule has 0 unspecified atom stereocenters. The van der Waals surface area contributed by atoms with Gasteiger partial charge < -0.3 is 9.47 Å². The number of carbonyl (C=O) groups is 3. The topological polar surface area (TPSA) is 113 Å². The molecule has 0 atom stereocenters. The minimum Gasteiger partial charge on any atom is -0.465 e. The van der Waals surface area contributed by atoms with E-state index in [1.165, 1.54) is 25.1 Å². The molecule has 24 heavy (non-hydrogen) atoms. The molecule has 0 aliphatic heterocycles. The smallest absolute Gasteiger partial charge is 0.320 e. The van der Waals surface area contributed by atoms with E-state index in [1.54, 1.807) is 13.8 Å². The number of nitro groups is 1. The highest BCUT2D eigenvalue weighted by atomic mass is 16.6. The minimum atomic E-state index is -1.22. The second kappa shape index (κ2) is 8.76. The van der Waals surface area contributed by atoms with E-state index < -0.39 is 28.6 Å². The van der Waals surface area contributed by atoms with Crippen molar-refractivity contribution in [3.05, 3.63) is 39.4 Å². The second-order valence-corrected chi connectivity index (χ2v) is 4.93. The van der Waals surface area contributed by atoms with Gasteiger partial charge in [-0.25, -0.2) is 0 Å². The van der Waals surface area contributed by atoms with E-state index >= 15 is 0 Å². The first-order valence-electron chi connectivity index (χ1n) is 7.43. The third-order valence-electron chi connectivity index (χ3n) is 3.22. The molecule has 0 saturated heterocycles. The van der Waals surface area contributed by atoms with Crippen molar-refractivity contribution in [1.29, 1.82) is 0 Å². The summed E-state index contributed by atoms with van der Waals surface area (Å²) in [4.78, 5) is 45.8. The molecule has 1 aromatic carbocycles. The summed E-state index contributed by atoms with van der Waals surface area (Å²) < 4.78 is 9.71. The molecular formula is C16H19NO7. The number of esters is 2. The average Bonchev–Trinajstić information content (AvgIpc) is 2.52. The molecule has 8 nitrogen and oxygen atoms in total. The lowest BCUT2D eigenvalue weighted by atomic mass is 9.97. The van der Waals surface area contributed by atoms with E-state index in [2.05, 4.69) is 0 Å². The van der Waals surface area contributed by atoms with Gasteiger partial charge in [0.1, 0.15) is 0 Å². The highest BCUT2D eigenvalue weighted by Gasteiger charge is 2.30. The van der Waals surface area contributed by atoms with Crippen molar-refractivity contribution >= 4 is 23.4 Å². The van der Waals surface area contributed by atoms with E-state index in [9.17, 15) is 24.5 Å². The quantitative estimate of drug-likeness (QED) is 0.234. The Bertz CT molecular complexity index is 636. The highest BCUT2D eigenvalue weighted by molar-refractivity contribution is 5.98. The Morgan fingerprint density at radius 2 is 1.67 bits per heavy atom. The average molecular weight is 337 g/mol. The molecule has 0 bridgehead atoms. The number of rotatable bonds is 8. The van der Waals surface area contributed by atoms with Crippen LogP contribution in [0.2, 0.25) is 0 Å². The predicted molar refractivity (Wildman–Crippen MR) is 83.6 cm³/mol. The van der Waals surface area contributed by atoms with E-state index in [0.717, 1.165) is 0 Å². The van der Waals surface area contributed by atoms with Crippen LogP contribution >= 0.6 is 0 Å². The summed E-state index contributed by atoms with van der Waals surface area (Å²) in [6.07, 6.45) is -0.114. The van der Waals surface area contributed by atoms with Crippen molar-refractivity contribution in [2.24, 2.45) is 5.92 Å². The Morgan fingerprint density at radius 1 is 1.12 bits per heavy atom. The summed E-state index contributed by atoms with van der Waals surface area (Å²) in [5.74, 6) is -3.17. The van der Waals surface area contributed by atoms with Gasteiger partial charge in [-0.1, -0.05) is 6.07 Å². The van der Waals surface area contributed by atoms with Gasteiger partial charge in [0.05, 0.1) is 23.7 Å². The van der Waals surface area contributed by atoms with Crippen molar-refractivity contribution in [2.75, 3.05) is 13.2 Å². The second-order valence-electron chi connectivity index (χ2n) is 4.93. The van der Waals surface area contributed by atoms with Crippen LogP contribution in [-0.2, 0) is 25.5 Å². The fraction of sp³-hybridized carbons (Fsp3) is 0.438. The van der Waals surface area contributed by atoms with Crippen LogP contribution in [0.1, 0.15) is 36.7 Å². The molecule has 0 fully saturated rings. The van der Waals surface area contributed by atoms with Gasteiger partial charge in [-0.15, -0.1) is 0 Å². The number of benzene rings is 1. The Hall–Kier alpha value is -2.77. The fourth-order valence-corrected chi connectivity index (χ4v) is 2.14. The predicted octanol–water partition coefficient (Wildman–Crippen LogP) is 2.08. The molecule has 1 rings (SSSR count). The van der Waals surface area contributed by atoms with Crippen LogP contribution in [0.15, 0.2) is 18.2 Å². The van der Waals surface area contributed by atoms with E-state index in [4.69, 9.17) is 9.47 Å². The first kappa shape index (κ1) is 19.3. The number of Topliss-reactive ketones (excluding diaryl/α,β-unsaturated/α-hetero) is 1. The Labute approximate surface area is 138 Å². The molecule has 8 heteroatoms. The number of ketones is 1. The summed E-state index contributed by atoms with van der Waals surface area (Å²) in [6.45, 7) is 4.62. The van der Waals surface area contributed by atoms with Crippen LogP contribution in [0.5, 0.6) is 0 Å². The molecular weight excluding hydrogens is 318 g/mol. The molecule has 0 heterocycles. The molecule has 0 aliphatic carbocycles. The third-order valence-corrected chi connectivity index (χ3v) is 3.22. The standard InChI is InChI=1S/C16H19NO7/c1-4-23-15(19)13(16(20)24-5-2)8-11-6-7-12(10(3)18)14(9-11)17(21)22/h6-7,9,13H,4-5,8H2,1-3H3. The molecule has 1 aromatic rings. The summed E-state index contributed by atoms with van der Waals surface area (Å²) in [6, 6.07) is 3.96. The van der Waals surface area contributed by atoms with Crippen molar-refractivity contribution in [3.63, 3.8) is 0 Å². The number of hydrogen-bond donors (Lipinski definition) is 0. The molecule has 0 amide bonds. The molecule has 0 aliphatic rings. The lowest BCUT2D eigenvalue weighted by molar-refractivity contribution is -0.385. The molecule has 0 N–H and O–H groups in total. The summed E-state index contributed by atoms with van der Waals surface area (Å²) in [5.41, 5.74) is -0.0446. The van der Waals surface area contributed by atoms with E-state index in [-0.39, 0.29) is 30.9 Å². The normalized spacial score (nSPS) is 10.3. The van der Waals surface area contributed by atoms with Crippen molar-refractivity contribution < 1.29 is 28.8 Å². The molecule has 0 radical (unpaired) electrons. The first-order valence-corrected chi connectivity index (χ1v) is 7.43. The number of hydrogen-bond acceptors (Lipinski definition) is 7. The molecule has 130 valence electrons. The zero-order chi connectivity index (χ0) is 18.3. The SMILES string of the molecule is CCOC(=O)C(Cc1ccc(C(C)=O)c([N+](=O)[O-])c1)C(=O)OCC. The van der Waals surface area contributed by atoms with E-state index in [0.29, 0.717) is 5.56 Å². The van der Waals surface area contributed by atoms with Gasteiger partial charge in [0, 0.05) is 6.07 Å². The monoisotopic (exact) mass is 337 g/mol. The summed E-state index contributed by atoms with van der Waals surface area (Å²) in [7, 11) is 0. The maximum atomic E-state index is 11.9. The maximum Gasteiger partial charge on any atom is 0.320 e. The van der Waals surface area contributed by atoms with Crippen LogP contribution in [-0.4, -0.2) is 35.9 Å². The minimum absolute atomic E-state index is 0.0347. The van der Waals surface area contributed by atoms with Crippen molar-refractivity contribution in [1.82, 2.24) is 0 Å². The Balaban J connectivity index is 3.15. The first-order chi connectivity index (χ1) is 11.3. The number of nitro benzene ring substituents is 1. The lowest BCUT2D eigenvalue weighted by Gasteiger charge is -2.14. The van der Waals surface area contributed by atoms with Gasteiger partial charge >= 0.3 is 11.9 Å². The van der Waals surface area contributed by atoms with E-state index in [1.807, 2.05) is 0 Å². The number of ether oxygens (including phenoxy) is 2. The zero-order valence-corrected chi connectivity index (χ0v) is 13.7. The van der Waals surface area contributed by atoms with Crippen LogP contribution in [0.3, 0.4) is 0 Å². The van der Waals surface area contributed by atoms with Gasteiger partial charge in [-0.05, 0) is 38.8 Å². The lowest BCUT2D eigenvalue weighted by Crippen LogP contribution is -2.30. The van der Waals surface area contributed by atoms with Crippen LogP contribution in [0.4, 0.5) is 5.69 Å². The van der Waals surface area contributed by atoms with Crippen LogP contribution < -0.4 is 0 Å². The molecule has 0 spiro atoms. The largest absolute Gasteiger partial charge is 0.465 e. The van der Waals surface area contributed by atoms with Gasteiger partial charge in [0.15, 0.2) is 11.7 Å². The van der Waals surface area contributed by atoms with Crippen molar-refractivity contribution in [2.45, 2.75) is 27.2 Å². The third kappa shape index (κ3) is 4.87. The number of nitrogens with zero attached hydrogens (tertiary/aromatic N) is 1. The zero-order valence-electron chi connectivity index (χ0n) is 13.7. The summed E-state index contributed by atoms with van der Waals surface area (Å²) >= 11 is 0. The van der Waals surface area contributed by atoms with Gasteiger partial charge in [-0.3, -0.25) is 24.5 Å². The van der Waals surface area contributed by atoms with Crippen LogP contribution in [0, 0.1) is 16.0 Å². The van der Waals surface area contributed by atoms with Gasteiger partial charge in [0.2, 0.25) is 0 Å². The number of carbonyl (C=O) groups excluding carboxylic acids is 3. The fourth-order valence-electron chi connectivity index (χ4n) is 2.14. The maximum absolute atomic E-state index is 11.9. The van der Waals surface area contributed by atoms with Crippen LogP contribution in [0.25, 0.3) is 0 Å². The van der Waals surface area contributed by atoms with Gasteiger partial charge in [-0.2, -0.15) is 0 Å². The van der Waals surface area contributed by atoms with Crippen molar-refractivity contribution in [3.8, 4) is 0 Å². The molecule has 0 saturated carbocycles. The Morgan fingerprint density at radius 3 is 2.08 bits per heavy atom. The Kier molecular flexibility index (Phi) is 7.03. The van der Waals surface area contributed by atoms with Gasteiger partial charge in [0.25, 0.3) is 5.69 Å².